The molecule has 4 aromatic rings. The molecule has 0 radical (unpaired) electrons. The standard InChI is InChI=1S/C29H27ClN2O3S/c1-2-35-29(34)27-25(23-13-15-24(30)16-14-23)20-36-28(27)31-26(33)19-32(17-21-9-5-3-6-10-21)18-22-11-7-4-8-12-22/h3-16,20H,2,17-19H2,1H3,(H,31,33). The second kappa shape index (κ2) is 12.5. The van der Waals surface area contributed by atoms with Crippen LogP contribution in [0.25, 0.3) is 11.1 Å². The number of rotatable bonds is 10. The van der Waals surface area contributed by atoms with Crippen LogP contribution >= 0.6 is 22.9 Å². The monoisotopic (exact) mass is 518 g/mol. The summed E-state index contributed by atoms with van der Waals surface area (Å²) in [6.07, 6.45) is 0. The Morgan fingerprint density at radius 1 is 0.889 bits per heavy atom. The van der Waals surface area contributed by atoms with E-state index >= 15 is 0 Å². The van der Waals surface area contributed by atoms with Crippen molar-refractivity contribution < 1.29 is 14.3 Å². The quantitative estimate of drug-likeness (QED) is 0.232. The van der Waals surface area contributed by atoms with Gasteiger partial charge in [0.1, 0.15) is 10.6 Å². The number of benzene rings is 3. The minimum Gasteiger partial charge on any atom is -0.462 e. The van der Waals surface area contributed by atoms with E-state index in [2.05, 4.69) is 10.2 Å². The topological polar surface area (TPSA) is 58.6 Å². The summed E-state index contributed by atoms with van der Waals surface area (Å²) >= 11 is 7.35. The molecule has 3 aromatic carbocycles. The summed E-state index contributed by atoms with van der Waals surface area (Å²) < 4.78 is 5.31. The number of anilines is 1. The average Bonchev–Trinajstić information content (AvgIpc) is 3.29. The minimum atomic E-state index is -0.468. The van der Waals surface area contributed by atoms with Crippen LogP contribution in [0.1, 0.15) is 28.4 Å². The van der Waals surface area contributed by atoms with Crippen molar-refractivity contribution in [2.75, 3.05) is 18.5 Å². The highest BCUT2D eigenvalue weighted by molar-refractivity contribution is 7.15. The van der Waals surface area contributed by atoms with Crippen molar-refractivity contribution in [1.82, 2.24) is 4.90 Å². The zero-order valence-corrected chi connectivity index (χ0v) is 21.5. The molecule has 0 saturated carbocycles. The zero-order chi connectivity index (χ0) is 25.3. The van der Waals surface area contributed by atoms with Crippen molar-refractivity contribution in [3.63, 3.8) is 0 Å². The first-order chi connectivity index (χ1) is 17.5. The fraction of sp³-hybridized carbons (Fsp3) is 0.172. The van der Waals surface area contributed by atoms with Gasteiger partial charge in [0.25, 0.3) is 0 Å². The lowest BCUT2D eigenvalue weighted by atomic mass is 10.0. The normalized spacial score (nSPS) is 10.9. The van der Waals surface area contributed by atoms with Gasteiger partial charge in [-0.25, -0.2) is 4.79 Å². The molecule has 0 bridgehead atoms. The number of thiophene rings is 1. The Kier molecular flexibility index (Phi) is 8.90. The molecule has 184 valence electrons. The third-order valence-electron chi connectivity index (χ3n) is 5.54. The molecule has 1 heterocycles. The van der Waals surface area contributed by atoms with Crippen LogP contribution in [0.15, 0.2) is 90.3 Å². The molecule has 0 aliphatic carbocycles. The summed E-state index contributed by atoms with van der Waals surface area (Å²) in [5.41, 5.74) is 4.13. The van der Waals surface area contributed by atoms with E-state index in [-0.39, 0.29) is 19.1 Å². The van der Waals surface area contributed by atoms with Gasteiger partial charge in [0.15, 0.2) is 0 Å². The molecule has 0 unspecified atom stereocenters. The molecule has 5 nitrogen and oxygen atoms in total. The number of ether oxygens (including phenoxy) is 1. The van der Waals surface area contributed by atoms with Gasteiger partial charge >= 0.3 is 5.97 Å². The highest BCUT2D eigenvalue weighted by atomic mass is 35.5. The lowest BCUT2D eigenvalue weighted by molar-refractivity contribution is -0.117. The predicted octanol–water partition coefficient (Wildman–Crippen LogP) is 6.89. The van der Waals surface area contributed by atoms with Crippen molar-refractivity contribution in [3.05, 3.63) is 112 Å². The van der Waals surface area contributed by atoms with Gasteiger partial charge in [0.2, 0.25) is 5.91 Å². The largest absolute Gasteiger partial charge is 0.462 e. The first-order valence-corrected chi connectivity index (χ1v) is 12.9. The Hall–Kier alpha value is -3.45. The molecule has 0 atom stereocenters. The number of halogens is 1. The van der Waals surface area contributed by atoms with Crippen LogP contribution in [0.4, 0.5) is 5.00 Å². The number of nitrogens with zero attached hydrogens (tertiary/aromatic N) is 1. The minimum absolute atomic E-state index is 0.167. The van der Waals surface area contributed by atoms with E-state index < -0.39 is 5.97 Å². The lowest BCUT2D eigenvalue weighted by Crippen LogP contribution is -2.32. The van der Waals surface area contributed by atoms with Gasteiger partial charge < -0.3 is 10.1 Å². The summed E-state index contributed by atoms with van der Waals surface area (Å²) in [4.78, 5) is 28.2. The van der Waals surface area contributed by atoms with Gasteiger partial charge in [-0.2, -0.15) is 0 Å². The van der Waals surface area contributed by atoms with Crippen molar-refractivity contribution in [3.8, 4) is 11.1 Å². The maximum atomic E-state index is 13.2. The molecule has 7 heteroatoms. The molecule has 4 rings (SSSR count). The van der Waals surface area contributed by atoms with E-state index in [0.717, 1.165) is 16.7 Å². The van der Waals surface area contributed by atoms with Gasteiger partial charge in [0, 0.05) is 29.1 Å². The SMILES string of the molecule is CCOC(=O)c1c(-c2ccc(Cl)cc2)csc1NC(=O)CN(Cc1ccccc1)Cc1ccccc1. The molecule has 0 spiro atoms. The van der Waals surface area contributed by atoms with Crippen LogP contribution in [-0.4, -0.2) is 29.9 Å². The number of carbonyl (C=O) groups excluding carboxylic acids is 2. The van der Waals surface area contributed by atoms with E-state index in [1.165, 1.54) is 11.3 Å². The number of esters is 1. The lowest BCUT2D eigenvalue weighted by Gasteiger charge is -2.22. The smallest absolute Gasteiger partial charge is 0.341 e. The van der Waals surface area contributed by atoms with Crippen LogP contribution in [-0.2, 0) is 22.6 Å². The molecule has 1 amide bonds. The second-order valence-electron chi connectivity index (χ2n) is 8.25. The molecule has 0 aliphatic heterocycles. The van der Waals surface area contributed by atoms with Gasteiger partial charge in [-0.05, 0) is 35.7 Å². The predicted molar refractivity (Wildman–Crippen MR) is 146 cm³/mol. The molecule has 1 N–H and O–H groups in total. The van der Waals surface area contributed by atoms with Crippen LogP contribution in [0.5, 0.6) is 0 Å². The molecule has 36 heavy (non-hydrogen) atoms. The molecule has 0 saturated heterocycles. The average molecular weight is 519 g/mol. The van der Waals surface area contributed by atoms with Gasteiger partial charge in [-0.15, -0.1) is 11.3 Å². The van der Waals surface area contributed by atoms with E-state index in [1.807, 2.05) is 78.2 Å². The molecule has 1 aromatic heterocycles. The van der Waals surface area contributed by atoms with Crippen molar-refractivity contribution in [2.45, 2.75) is 20.0 Å². The van der Waals surface area contributed by atoms with Gasteiger partial charge in [-0.1, -0.05) is 84.4 Å². The third kappa shape index (κ3) is 6.82. The van der Waals surface area contributed by atoms with E-state index in [0.29, 0.717) is 34.2 Å². The summed E-state index contributed by atoms with van der Waals surface area (Å²) in [6.45, 7) is 3.41. The summed E-state index contributed by atoms with van der Waals surface area (Å²) in [7, 11) is 0. The number of nitrogens with one attached hydrogen (secondary N) is 1. The zero-order valence-electron chi connectivity index (χ0n) is 19.9. The Morgan fingerprint density at radius 3 is 2.03 bits per heavy atom. The molecular weight excluding hydrogens is 492 g/mol. The van der Waals surface area contributed by atoms with E-state index in [9.17, 15) is 9.59 Å². The Labute approximate surface area is 220 Å². The van der Waals surface area contributed by atoms with Crippen LogP contribution in [0.2, 0.25) is 5.02 Å². The Morgan fingerprint density at radius 2 is 1.47 bits per heavy atom. The number of carbonyl (C=O) groups is 2. The van der Waals surface area contributed by atoms with Crippen molar-refractivity contribution in [2.24, 2.45) is 0 Å². The summed E-state index contributed by atoms with van der Waals surface area (Å²) in [5, 5.41) is 5.91. The number of hydrogen-bond donors (Lipinski definition) is 1. The maximum Gasteiger partial charge on any atom is 0.341 e. The van der Waals surface area contributed by atoms with Crippen LogP contribution in [0.3, 0.4) is 0 Å². The number of amides is 1. The van der Waals surface area contributed by atoms with Gasteiger partial charge in [-0.3, -0.25) is 9.69 Å². The maximum absolute atomic E-state index is 13.2. The second-order valence-corrected chi connectivity index (χ2v) is 9.56. The Balaban J connectivity index is 1.55. The third-order valence-corrected chi connectivity index (χ3v) is 6.69. The van der Waals surface area contributed by atoms with Crippen LogP contribution < -0.4 is 5.32 Å². The van der Waals surface area contributed by atoms with Crippen molar-refractivity contribution in [1.29, 1.82) is 0 Å². The molecular formula is C29H27ClN2O3S. The molecule has 0 aliphatic rings. The highest BCUT2D eigenvalue weighted by Gasteiger charge is 2.23. The fourth-order valence-electron chi connectivity index (χ4n) is 3.92. The first kappa shape index (κ1) is 25.6. The first-order valence-electron chi connectivity index (χ1n) is 11.7. The summed E-state index contributed by atoms with van der Waals surface area (Å²) in [5.74, 6) is -0.665. The van der Waals surface area contributed by atoms with E-state index in [1.54, 1.807) is 19.1 Å². The molecule has 0 fully saturated rings. The van der Waals surface area contributed by atoms with Crippen LogP contribution in [0, 0.1) is 0 Å². The van der Waals surface area contributed by atoms with E-state index in [4.69, 9.17) is 16.3 Å². The highest BCUT2D eigenvalue weighted by Crippen LogP contribution is 2.36. The van der Waals surface area contributed by atoms with Gasteiger partial charge in [0.05, 0.1) is 13.2 Å². The van der Waals surface area contributed by atoms with Crippen molar-refractivity contribution >= 4 is 39.8 Å². The fourth-order valence-corrected chi connectivity index (χ4v) is 5.02. The number of hydrogen-bond acceptors (Lipinski definition) is 5. The Bertz CT molecular complexity index is 1250. The summed E-state index contributed by atoms with van der Waals surface area (Å²) in [6, 6.07) is 27.3.